The number of aliphatic hydroxyl groups excluding tert-OH is 1. The van der Waals surface area contributed by atoms with Crippen LogP contribution in [0.25, 0.3) is 5.69 Å². The Morgan fingerprint density at radius 3 is 2.26 bits per heavy atom. The summed E-state index contributed by atoms with van der Waals surface area (Å²) in [7, 11) is 0. The number of benzene rings is 2. The first kappa shape index (κ1) is 18.7. The summed E-state index contributed by atoms with van der Waals surface area (Å²) in [5, 5.41) is 9.84. The Hall–Kier alpha value is -3.12. The standard InChI is InChI=1S/C21H22N2O4/c1-15(24)13-22-16(2)19(20(25)23(22)18-11-7-4-8-12-18)21(26)27-14-17-9-5-3-6-10-17/h3-12,15,24H,13-14H2,1-2H3. The van der Waals surface area contributed by atoms with Gasteiger partial charge in [0.1, 0.15) is 12.2 Å². The molecule has 3 aromatic rings. The highest BCUT2D eigenvalue weighted by Crippen LogP contribution is 2.14. The number of hydrogen-bond donors (Lipinski definition) is 1. The molecule has 0 fully saturated rings. The summed E-state index contributed by atoms with van der Waals surface area (Å²) in [6.45, 7) is 3.59. The van der Waals surface area contributed by atoms with Crippen LogP contribution in [0.4, 0.5) is 0 Å². The molecule has 6 nitrogen and oxygen atoms in total. The first-order valence-corrected chi connectivity index (χ1v) is 8.76. The number of aliphatic hydroxyl groups is 1. The topological polar surface area (TPSA) is 73.5 Å². The second-order valence-electron chi connectivity index (χ2n) is 6.41. The molecule has 0 bridgehead atoms. The number of carbonyl (C=O) groups is 1. The van der Waals surface area contributed by atoms with Gasteiger partial charge in [0.2, 0.25) is 0 Å². The fourth-order valence-electron chi connectivity index (χ4n) is 2.97. The van der Waals surface area contributed by atoms with Crippen molar-refractivity contribution in [2.24, 2.45) is 0 Å². The molecule has 0 saturated carbocycles. The summed E-state index contributed by atoms with van der Waals surface area (Å²) < 4.78 is 8.37. The van der Waals surface area contributed by atoms with Gasteiger partial charge < -0.3 is 9.84 Å². The quantitative estimate of drug-likeness (QED) is 0.681. The number of rotatable bonds is 6. The maximum absolute atomic E-state index is 13.0. The number of aromatic nitrogens is 2. The fourth-order valence-corrected chi connectivity index (χ4v) is 2.97. The average Bonchev–Trinajstić information content (AvgIpc) is 2.91. The third-order valence-electron chi connectivity index (χ3n) is 4.25. The van der Waals surface area contributed by atoms with Crippen LogP contribution in [0.2, 0.25) is 0 Å². The van der Waals surface area contributed by atoms with Crippen molar-refractivity contribution in [1.29, 1.82) is 0 Å². The minimum absolute atomic E-state index is 0.0181. The van der Waals surface area contributed by atoms with E-state index in [0.717, 1.165) is 5.56 Å². The van der Waals surface area contributed by atoms with E-state index in [0.29, 0.717) is 11.4 Å². The van der Waals surface area contributed by atoms with Gasteiger partial charge in [0, 0.05) is 0 Å². The van der Waals surface area contributed by atoms with Crippen molar-refractivity contribution in [3.8, 4) is 5.69 Å². The maximum atomic E-state index is 13.0. The summed E-state index contributed by atoms with van der Waals surface area (Å²) in [5.41, 5.74) is 1.44. The highest BCUT2D eigenvalue weighted by atomic mass is 16.5. The second kappa shape index (κ2) is 8.05. The molecule has 0 aliphatic rings. The second-order valence-corrected chi connectivity index (χ2v) is 6.41. The van der Waals surface area contributed by atoms with E-state index in [2.05, 4.69) is 0 Å². The zero-order chi connectivity index (χ0) is 19.4. The van der Waals surface area contributed by atoms with Gasteiger partial charge in [0.05, 0.1) is 24.0 Å². The van der Waals surface area contributed by atoms with E-state index < -0.39 is 17.6 Å². The predicted octanol–water partition coefficient (Wildman–Crippen LogP) is 2.69. The lowest BCUT2D eigenvalue weighted by Gasteiger charge is -2.15. The molecule has 2 aromatic carbocycles. The smallest absolute Gasteiger partial charge is 0.346 e. The van der Waals surface area contributed by atoms with Gasteiger partial charge in [-0.2, -0.15) is 0 Å². The van der Waals surface area contributed by atoms with Crippen molar-refractivity contribution in [3.63, 3.8) is 0 Å². The summed E-state index contributed by atoms with van der Waals surface area (Å²) in [4.78, 5) is 25.6. The number of ether oxygens (including phenoxy) is 1. The Balaban J connectivity index is 1.99. The van der Waals surface area contributed by atoms with Crippen LogP contribution >= 0.6 is 0 Å². The molecule has 27 heavy (non-hydrogen) atoms. The van der Waals surface area contributed by atoms with Crippen LogP contribution in [0.15, 0.2) is 65.5 Å². The third-order valence-corrected chi connectivity index (χ3v) is 4.25. The molecule has 1 N–H and O–H groups in total. The van der Waals surface area contributed by atoms with Crippen LogP contribution in [-0.4, -0.2) is 26.5 Å². The Labute approximate surface area is 157 Å². The van der Waals surface area contributed by atoms with E-state index in [-0.39, 0.29) is 18.7 Å². The van der Waals surface area contributed by atoms with Crippen molar-refractivity contribution >= 4 is 5.97 Å². The first-order chi connectivity index (χ1) is 13.0. The maximum Gasteiger partial charge on any atom is 0.346 e. The molecule has 1 heterocycles. The average molecular weight is 366 g/mol. The molecular weight excluding hydrogens is 344 g/mol. The number of para-hydroxylation sites is 1. The molecule has 6 heteroatoms. The van der Waals surface area contributed by atoms with Gasteiger partial charge in [0.25, 0.3) is 5.56 Å². The highest BCUT2D eigenvalue weighted by molar-refractivity contribution is 5.90. The molecule has 1 unspecified atom stereocenters. The summed E-state index contributed by atoms with van der Waals surface area (Å²) in [6.07, 6.45) is -0.682. The van der Waals surface area contributed by atoms with Crippen LogP contribution < -0.4 is 5.56 Å². The molecule has 1 atom stereocenters. The van der Waals surface area contributed by atoms with Gasteiger partial charge >= 0.3 is 5.97 Å². The number of hydrogen-bond acceptors (Lipinski definition) is 4. The Morgan fingerprint density at radius 1 is 1.07 bits per heavy atom. The molecule has 0 saturated heterocycles. The minimum Gasteiger partial charge on any atom is -0.457 e. The molecule has 0 amide bonds. The Kier molecular flexibility index (Phi) is 5.57. The van der Waals surface area contributed by atoms with Crippen molar-refractivity contribution < 1.29 is 14.6 Å². The third kappa shape index (κ3) is 4.01. The number of esters is 1. The van der Waals surface area contributed by atoms with Crippen LogP contribution in [-0.2, 0) is 17.9 Å². The Morgan fingerprint density at radius 2 is 1.67 bits per heavy atom. The normalized spacial score (nSPS) is 12.0. The predicted molar refractivity (Wildman–Crippen MR) is 102 cm³/mol. The minimum atomic E-state index is -0.682. The van der Waals surface area contributed by atoms with E-state index in [1.54, 1.807) is 30.7 Å². The van der Waals surface area contributed by atoms with E-state index in [1.807, 2.05) is 48.5 Å². The molecule has 0 aliphatic carbocycles. The summed E-state index contributed by atoms with van der Waals surface area (Å²) >= 11 is 0. The Bertz CT molecular complexity index is 973. The van der Waals surface area contributed by atoms with Gasteiger partial charge in [-0.15, -0.1) is 0 Å². The SMILES string of the molecule is Cc1c(C(=O)OCc2ccccc2)c(=O)n(-c2ccccc2)n1CC(C)O. The largest absolute Gasteiger partial charge is 0.457 e. The van der Waals surface area contributed by atoms with E-state index in [4.69, 9.17) is 4.74 Å². The van der Waals surface area contributed by atoms with Gasteiger partial charge in [-0.25, -0.2) is 9.48 Å². The summed E-state index contributed by atoms with van der Waals surface area (Å²) in [5.74, 6) is -0.671. The number of nitrogens with zero attached hydrogens (tertiary/aromatic N) is 2. The van der Waals surface area contributed by atoms with Crippen molar-refractivity contribution in [1.82, 2.24) is 9.36 Å². The van der Waals surface area contributed by atoms with Gasteiger partial charge in [-0.05, 0) is 31.5 Å². The number of carbonyl (C=O) groups excluding carboxylic acids is 1. The molecule has 0 spiro atoms. The zero-order valence-corrected chi connectivity index (χ0v) is 15.3. The van der Waals surface area contributed by atoms with Crippen LogP contribution in [0.1, 0.15) is 28.5 Å². The van der Waals surface area contributed by atoms with E-state index >= 15 is 0 Å². The van der Waals surface area contributed by atoms with Crippen LogP contribution in [0, 0.1) is 6.92 Å². The molecule has 0 radical (unpaired) electrons. The highest BCUT2D eigenvalue weighted by Gasteiger charge is 2.25. The lowest BCUT2D eigenvalue weighted by atomic mass is 10.2. The molecule has 3 rings (SSSR count). The first-order valence-electron chi connectivity index (χ1n) is 8.76. The van der Waals surface area contributed by atoms with E-state index in [9.17, 15) is 14.7 Å². The van der Waals surface area contributed by atoms with Crippen LogP contribution in [0.5, 0.6) is 0 Å². The van der Waals surface area contributed by atoms with Crippen molar-refractivity contribution in [2.45, 2.75) is 33.1 Å². The van der Waals surface area contributed by atoms with E-state index in [1.165, 1.54) is 4.68 Å². The summed E-state index contributed by atoms with van der Waals surface area (Å²) in [6, 6.07) is 18.3. The molecule has 0 aliphatic heterocycles. The lowest BCUT2D eigenvalue weighted by Crippen LogP contribution is -2.26. The van der Waals surface area contributed by atoms with Crippen molar-refractivity contribution in [2.75, 3.05) is 0 Å². The van der Waals surface area contributed by atoms with Gasteiger partial charge in [0.15, 0.2) is 0 Å². The molecule has 1 aromatic heterocycles. The monoisotopic (exact) mass is 366 g/mol. The van der Waals surface area contributed by atoms with Gasteiger partial charge in [-0.3, -0.25) is 9.48 Å². The van der Waals surface area contributed by atoms with Gasteiger partial charge in [-0.1, -0.05) is 48.5 Å². The molecular formula is C21H22N2O4. The van der Waals surface area contributed by atoms with Crippen molar-refractivity contribution in [3.05, 3.63) is 87.8 Å². The molecule has 140 valence electrons. The zero-order valence-electron chi connectivity index (χ0n) is 15.3. The lowest BCUT2D eigenvalue weighted by molar-refractivity contribution is 0.0470. The van der Waals surface area contributed by atoms with Crippen LogP contribution in [0.3, 0.4) is 0 Å². The fraction of sp³-hybridized carbons (Fsp3) is 0.238.